The second-order valence-electron chi connectivity index (χ2n) is 5.14. The van der Waals surface area contributed by atoms with Crippen LogP contribution >= 0.6 is 0 Å². The van der Waals surface area contributed by atoms with E-state index in [0.29, 0.717) is 25.1 Å². The molecule has 1 aromatic carbocycles. The predicted molar refractivity (Wildman–Crippen MR) is 84.9 cm³/mol. The summed E-state index contributed by atoms with van der Waals surface area (Å²) < 4.78 is 36.3. The number of hydrogen-bond donors (Lipinski definition) is 3. The van der Waals surface area contributed by atoms with Crippen LogP contribution < -0.4 is 10.6 Å². The Labute approximate surface area is 135 Å². The molecule has 1 rings (SSSR count). The molecule has 0 spiro atoms. The number of aliphatic hydroxyl groups is 1. The van der Waals surface area contributed by atoms with E-state index in [-0.39, 0.29) is 6.54 Å². The third-order valence-electron chi connectivity index (χ3n) is 3.21. The molecule has 0 unspecified atom stereocenters. The molecule has 130 valence electrons. The van der Waals surface area contributed by atoms with Gasteiger partial charge in [0.15, 0.2) is 0 Å². The van der Waals surface area contributed by atoms with Gasteiger partial charge in [-0.2, -0.15) is 0 Å². The van der Waals surface area contributed by atoms with Crippen molar-refractivity contribution in [3.05, 3.63) is 35.6 Å². The first-order valence-electron chi connectivity index (χ1n) is 7.06. The van der Waals surface area contributed by atoms with Gasteiger partial charge in [-0.3, -0.25) is 0 Å². The van der Waals surface area contributed by atoms with Gasteiger partial charge in [0.25, 0.3) is 0 Å². The molecule has 23 heavy (non-hydrogen) atoms. The summed E-state index contributed by atoms with van der Waals surface area (Å²) in [6, 6.07) is 4.89. The maximum absolute atomic E-state index is 12.8. The fourth-order valence-electron chi connectivity index (χ4n) is 1.72. The minimum absolute atomic E-state index is 0.0132. The number of carbonyl (C=O) groups is 1. The van der Waals surface area contributed by atoms with Gasteiger partial charge in [0.1, 0.15) is 5.82 Å². The van der Waals surface area contributed by atoms with Gasteiger partial charge in [0.05, 0.1) is 12.4 Å². The fraction of sp³-hybridized carbons (Fsp3) is 0.500. The number of halogens is 1. The molecule has 0 bridgehead atoms. The molecule has 3 N–H and O–H groups in total. The lowest BCUT2D eigenvalue weighted by atomic mass is 10.1. The molecule has 0 aromatic heterocycles. The first-order chi connectivity index (χ1) is 10.7. The van der Waals surface area contributed by atoms with Crippen LogP contribution in [0, 0.1) is 5.82 Å². The molecular formula is C14H22FN3O4S. The summed E-state index contributed by atoms with van der Waals surface area (Å²) in [4.78, 5) is 11.5. The molecule has 2 amide bonds. The Morgan fingerprint density at radius 2 is 1.91 bits per heavy atom. The summed E-state index contributed by atoms with van der Waals surface area (Å²) in [7, 11) is -1.75. The molecule has 0 aliphatic carbocycles. The number of benzene rings is 1. The van der Waals surface area contributed by atoms with E-state index >= 15 is 0 Å². The third-order valence-corrected chi connectivity index (χ3v) is 4.53. The van der Waals surface area contributed by atoms with E-state index in [1.165, 1.54) is 35.6 Å². The van der Waals surface area contributed by atoms with Crippen LogP contribution in [0.15, 0.2) is 24.3 Å². The number of carbonyl (C=O) groups excluding carboxylic acids is 1. The van der Waals surface area contributed by atoms with Crippen molar-refractivity contribution in [2.45, 2.75) is 12.5 Å². The summed E-state index contributed by atoms with van der Waals surface area (Å²) in [5, 5.41) is 14.9. The molecular weight excluding hydrogens is 325 g/mol. The Hall–Kier alpha value is -1.71. The zero-order chi connectivity index (χ0) is 17.5. The number of amides is 2. The Bertz CT molecular complexity index is 607. The van der Waals surface area contributed by atoms with Crippen molar-refractivity contribution < 1.29 is 22.7 Å². The number of rotatable bonds is 8. The van der Waals surface area contributed by atoms with Crippen LogP contribution in [-0.4, -0.2) is 56.8 Å². The molecule has 0 aliphatic heterocycles. The molecule has 0 saturated carbocycles. The van der Waals surface area contributed by atoms with Gasteiger partial charge in [-0.05, 0) is 24.1 Å². The van der Waals surface area contributed by atoms with Crippen molar-refractivity contribution >= 4 is 16.1 Å². The van der Waals surface area contributed by atoms with E-state index in [4.69, 9.17) is 0 Å². The van der Waals surface area contributed by atoms with Crippen LogP contribution in [0.2, 0.25) is 0 Å². The highest BCUT2D eigenvalue weighted by atomic mass is 32.2. The fourth-order valence-corrected chi connectivity index (χ4v) is 2.18. The Balaban J connectivity index is 2.23. The van der Waals surface area contributed by atoms with Crippen LogP contribution in [0.4, 0.5) is 9.18 Å². The number of sulfonamides is 1. The number of nitrogens with zero attached hydrogens (tertiary/aromatic N) is 1. The van der Waals surface area contributed by atoms with Crippen molar-refractivity contribution in [3.63, 3.8) is 0 Å². The smallest absolute Gasteiger partial charge is 0.314 e. The maximum atomic E-state index is 12.8. The molecule has 0 radical (unpaired) electrons. The van der Waals surface area contributed by atoms with E-state index in [2.05, 4.69) is 10.6 Å². The molecule has 1 atom stereocenters. The zero-order valence-corrected chi connectivity index (χ0v) is 13.9. The summed E-state index contributed by atoms with van der Waals surface area (Å²) in [5.74, 6) is -0.397. The lowest BCUT2D eigenvalue weighted by Crippen LogP contribution is -2.39. The standard InChI is InChI=1S/C14H22FN3O4S/c1-18(23(2,21)22)9-3-8-16-14(20)17-10-13(19)11-4-6-12(15)7-5-11/h4-7,13,19H,3,8-10H2,1-2H3,(H2,16,17,20)/t13-/m0/s1. The maximum Gasteiger partial charge on any atom is 0.314 e. The van der Waals surface area contributed by atoms with Crippen LogP contribution in [0.5, 0.6) is 0 Å². The van der Waals surface area contributed by atoms with Crippen LogP contribution in [0.25, 0.3) is 0 Å². The Morgan fingerprint density at radius 1 is 1.30 bits per heavy atom. The first kappa shape index (κ1) is 19.3. The van der Waals surface area contributed by atoms with E-state index in [1.54, 1.807) is 0 Å². The van der Waals surface area contributed by atoms with Crippen molar-refractivity contribution in [2.75, 3.05) is 32.9 Å². The normalized spacial score (nSPS) is 12.9. The van der Waals surface area contributed by atoms with Crippen LogP contribution in [0.3, 0.4) is 0 Å². The molecule has 0 aliphatic rings. The highest BCUT2D eigenvalue weighted by molar-refractivity contribution is 7.88. The van der Waals surface area contributed by atoms with Gasteiger partial charge >= 0.3 is 6.03 Å². The van der Waals surface area contributed by atoms with Crippen molar-refractivity contribution in [2.24, 2.45) is 0 Å². The molecule has 9 heteroatoms. The molecule has 7 nitrogen and oxygen atoms in total. The Kier molecular flexibility index (Phi) is 7.40. The van der Waals surface area contributed by atoms with E-state index in [9.17, 15) is 22.7 Å². The van der Waals surface area contributed by atoms with Crippen LogP contribution in [0.1, 0.15) is 18.1 Å². The number of aliphatic hydroxyl groups excluding tert-OH is 1. The SMILES string of the molecule is CN(CCCNC(=O)NC[C@H](O)c1ccc(F)cc1)S(C)(=O)=O. The van der Waals surface area contributed by atoms with Gasteiger partial charge in [-0.25, -0.2) is 21.9 Å². The van der Waals surface area contributed by atoms with Crippen molar-refractivity contribution in [1.29, 1.82) is 0 Å². The number of hydrogen-bond acceptors (Lipinski definition) is 4. The quantitative estimate of drug-likeness (QED) is 0.594. The first-order valence-corrected chi connectivity index (χ1v) is 8.91. The highest BCUT2D eigenvalue weighted by Gasteiger charge is 2.11. The van der Waals surface area contributed by atoms with Gasteiger partial charge in [0, 0.05) is 26.7 Å². The summed E-state index contributed by atoms with van der Waals surface area (Å²) in [5.41, 5.74) is 0.501. The minimum atomic E-state index is -3.21. The summed E-state index contributed by atoms with van der Waals surface area (Å²) >= 11 is 0. The average molecular weight is 347 g/mol. The van der Waals surface area contributed by atoms with Gasteiger partial charge < -0.3 is 15.7 Å². The largest absolute Gasteiger partial charge is 0.387 e. The predicted octanol–water partition coefficient (Wildman–Crippen LogP) is 0.440. The second kappa shape index (κ2) is 8.80. The van der Waals surface area contributed by atoms with Gasteiger partial charge in [-0.1, -0.05) is 12.1 Å². The molecule has 0 heterocycles. The number of urea groups is 1. The Morgan fingerprint density at radius 3 is 2.48 bits per heavy atom. The average Bonchev–Trinajstić information content (AvgIpc) is 2.48. The summed E-state index contributed by atoms with van der Waals surface area (Å²) in [6.07, 6.45) is 0.652. The number of nitrogens with one attached hydrogen (secondary N) is 2. The highest BCUT2D eigenvalue weighted by Crippen LogP contribution is 2.12. The molecule has 0 fully saturated rings. The van der Waals surface area contributed by atoms with Crippen LogP contribution in [-0.2, 0) is 10.0 Å². The monoisotopic (exact) mass is 347 g/mol. The second-order valence-corrected chi connectivity index (χ2v) is 7.23. The molecule has 0 saturated heterocycles. The molecule has 1 aromatic rings. The minimum Gasteiger partial charge on any atom is -0.387 e. The zero-order valence-electron chi connectivity index (χ0n) is 13.1. The van der Waals surface area contributed by atoms with Gasteiger partial charge in [0.2, 0.25) is 10.0 Å². The van der Waals surface area contributed by atoms with E-state index in [0.717, 1.165) is 6.26 Å². The topological polar surface area (TPSA) is 98.7 Å². The summed E-state index contributed by atoms with van der Waals surface area (Å²) in [6.45, 7) is 0.594. The van der Waals surface area contributed by atoms with Crippen molar-refractivity contribution in [3.8, 4) is 0 Å². The third kappa shape index (κ3) is 7.40. The lowest BCUT2D eigenvalue weighted by molar-refractivity contribution is 0.173. The van der Waals surface area contributed by atoms with Gasteiger partial charge in [-0.15, -0.1) is 0 Å². The lowest BCUT2D eigenvalue weighted by Gasteiger charge is -2.15. The van der Waals surface area contributed by atoms with E-state index < -0.39 is 28.0 Å². The van der Waals surface area contributed by atoms with Crippen molar-refractivity contribution in [1.82, 2.24) is 14.9 Å². The van der Waals surface area contributed by atoms with E-state index in [1.807, 2.05) is 0 Å².